The summed E-state index contributed by atoms with van der Waals surface area (Å²) in [5.41, 5.74) is -0.0557. The molecule has 3 rings (SSSR count). The summed E-state index contributed by atoms with van der Waals surface area (Å²) in [4.78, 5) is 10.7. The zero-order valence-corrected chi connectivity index (χ0v) is 11.7. The molecule has 2 N–H and O–H groups in total. The molecule has 2 saturated heterocycles. The number of anilines is 1. The molecule has 0 amide bonds. The van der Waals surface area contributed by atoms with Gasteiger partial charge < -0.3 is 15.2 Å². The maximum absolute atomic E-state index is 9.09. The van der Waals surface area contributed by atoms with Gasteiger partial charge in [-0.2, -0.15) is 0 Å². The average molecular weight is 278 g/mol. The quantitative estimate of drug-likeness (QED) is 0.836. The van der Waals surface area contributed by atoms with E-state index in [1.807, 2.05) is 6.07 Å². The first-order chi connectivity index (χ1) is 9.80. The molecule has 6 heteroatoms. The topological polar surface area (TPSA) is 70.5 Å². The average Bonchev–Trinajstić information content (AvgIpc) is 2.83. The van der Waals surface area contributed by atoms with E-state index in [-0.39, 0.29) is 18.2 Å². The summed E-state index contributed by atoms with van der Waals surface area (Å²) in [6.07, 6.45) is 6.69. The SMILES string of the molecule is OCCN1CCC[C@]2(C[C@H](Nc3ncccn3)CO2)C1. The summed E-state index contributed by atoms with van der Waals surface area (Å²) in [6, 6.07) is 2.08. The van der Waals surface area contributed by atoms with E-state index in [2.05, 4.69) is 20.2 Å². The van der Waals surface area contributed by atoms with Crippen LogP contribution in [0.3, 0.4) is 0 Å². The van der Waals surface area contributed by atoms with E-state index in [1.54, 1.807) is 12.4 Å². The van der Waals surface area contributed by atoms with Gasteiger partial charge in [0.15, 0.2) is 0 Å². The zero-order chi connectivity index (χ0) is 13.8. The van der Waals surface area contributed by atoms with E-state index in [1.165, 1.54) is 0 Å². The van der Waals surface area contributed by atoms with Crippen LogP contribution in [0.5, 0.6) is 0 Å². The number of aromatic nitrogens is 2. The molecular weight excluding hydrogens is 256 g/mol. The van der Waals surface area contributed by atoms with Crippen LogP contribution in [0.1, 0.15) is 19.3 Å². The first-order valence-corrected chi connectivity index (χ1v) is 7.30. The lowest BCUT2D eigenvalue weighted by atomic mass is 9.89. The fourth-order valence-electron chi connectivity index (χ4n) is 3.30. The highest BCUT2D eigenvalue weighted by Gasteiger charge is 2.43. The van der Waals surface area contributed by atoms with Crippen LogP contribution in [-0.2, 0) is 4.74 Å². The number of nitrogens with zero attached hydrogens (tertiary/aromatic N) is 3. The molecule has 0 saturated carbocycles. The Kier molecular flexibility index (Phi) is 4.14. The van der Waals surface area contributed by atoms with Crippen molar-refractivity contribution in [1.29, 1.82) is 0 Å². The van der Waals surface area contributed by atoms with E-state index in [0.29, 0.717) is 12.6 Å². The molecule has 0 unspecified atom stereocenters. The summed E-state index contributed by atoms with van der Waals surface area (Å²) in [5.74, 6) is 0.668. The van der Waals surface area contributed by atoms with E-state index < -0.39 is 0 Å². The van der Waals surface area contributed by atoms with Gasteiger partial charge in [-0.3, -0.25) is 4.90 Å². The van der Waals surface area contributed by atoms with Gasteiger partial charge in [0, 0.05) is 31.9 Å². The minimum atomic E-state index is -0.0557. The first kappa shape index (κ1) is 13.7. The highest BCUT2D eigenvalue weighted by Crippen LogP contribution is 2.35. The molecule has 0 aromatic carbocycles. The van der Waals surface area contributed by atoms with Crippen LogP contribution < -0.4 is 5.32 Å². The molecule has 20 heavy (non-hydrogen) atoms. The molecule has 1 spiro atoms. The number of aliphatic hydroxyl groups excluding tert-OH is 1. The summed E-state index contributed by atoms with van der Waals surface area (Å²) >= 11 is 0. The fourth-order valence-corrected chi connectivity index (χ4v) is 3.30. The van der Waals surface area contributed by atoms with Crippen molar-refractivity contribution < 1.29 is 9.84 Å². The summed E-state index contributed by atoms with van der Waals surface area (Å²) in [6.45, 7) is 3.64. The summed E-state index contributed by atoms with van der Waals surface area (Å²) in [5, 5.41) is 12.4. The summed E-state index contributed by atoms with van der Waals surface area (Å²) < 4.78 is 6.10. The molecular formula is C14H22N4O2. The molecule has 0 aliphatic carbocycles. The van der Waals surface area contributed by atoms with Gasteiger partial charge in [0.2, 0.25) is 5.95 Å². The molecule has 2 fully saturated rings. The number of piperidine rings is 1. The normalized spacial score (nSPS) is 30.8. The molecule has 110 valence electrons. The fraction of sp³-hybridized carbons (Fsp3) is 0.714. The van der Waals surface area contributed by atoms with Crippen molar-refractivity contribution >= 4 is 5.95 Å². The lowest BCUT2D eigenvalue weighted by molar-refractivity contribution is -0.0536. The highest BCUT2D eigenvalue weighted by atomic mass is 16.5. The predicted octanol–water partition coefficient (Wildman–Crippen LogP) is 0.504. The van der Waals surface area contributed by atoms with Crippen LogP contribution >= 0.6 is 0 Å². The Morgan fingerprint density at radius 2 is 2.30 bits per heavy atom. The van der Waals surface area contributed by atoms with Crippen LogP contribution in [0.15, 0.2) is 18.5 Å². The molecule has 2 aliphatic rings. The minimum Gasteiger partial charge on any atom is -0.395 e. The Bertz CT molecular complexity index is 428. The third kappa shape index (κ3) is 3.08. The van der Waals surface area contributed by atoms with Gasteiger partial charge in [-0.15, -0.1) is 0 Å². The second-order valence-electron chi connectivity index (χ2n) is 5.72. The molecule has 0 radical (unpaired) electrons. The molecule has 6 nitrogen and oxygen atoms in total. The van der Waals surface area contributed by atoms with E-state index in [9.17, 15) is 0 Å². The number of aliphatic hydroxyl groups is 1. The zero-order valence-electron chi connectivity index (χ0n) is 11.7. The second kappa shape index (κ2) is 6.03. The lowest BCUT2D eigenvalue weighted by Gasteiger charge is -2.39. The van der Waals surface area contributed by atoms with Crippen LogP contribution in [-0.4, -0.2) is 64.5 Å². The van der Waals surface area contributed by atoms with Crippen LogP contribution in [0.4, 0.5) is 5.95 Å². The molecule has 2 atom stereocenters. The smallest absolute Gasteiger partial charge is 0.222 e. The second-order valence-corrected chi connectivity index (χ2v) is 5.72. The molecule has 1 aromatic heterocycles. The van der Waals surface area contributed by atoms with E-state index in [0.717, 1.165) is 38.9 Å². The number of nitrogens with one attached hydrogen (secondary N) is 1. The van der Waals surface area contributed by atoms with E-state index >= 15 is 0 Å². The van der Waals surface area contributed by atoms with Gasteiger partial charge in [0.1, 0.15) is 0 Å². The minimum absolute atomic E-state index is 0.0557. The van der Waals surface area contributed by atoms with Crippen molar-refractivity contribution in [3.05, 3.63) is 18.5 Å². The van der Waals surface area contributed by atoms with Crippen molar-refractivity contribution in [3.63, 3.8) is 0 Å². The van der Waals surface area contributed by atoms with Crippen LogP contribution in [0, 0.1) is 0 Å². The van der Waals surface area contributed by atoms with Gasteiger partial charge in [0.25, 0.3) is 0 Å². The summed E-state index contributed by atoms with van der Waals surface area (Å²) in [7, 11) is 0. The number of β-amino-alcohol motifs (C(OH)–C–C–N with tert-alkyl or cyclic N) is 1. The number of hydrogen-bond donors (Lipinski definition) is 2. The number of hydrogen-bond acceptors (Lipinski definition) is 6. The highest BCUT2D eigenvalue weighted by molar-refractivity contribution is 5.25. The van der Waals surface area contributed by atoms with Crippen molar-refractivity contribution in [3.8, 4) is 0 Å². The Balaban J connectivity index is 1.58. The number of ether oxygens (including phenoxy) is 1. The standard InChI is InChI=1S/C14H22N4O2/c19-8-7-18-6-1-3-14(11-18)9-12(10-20-14)17-13-15-4-2-5-16-13/h2,4-5,12,19H,1,3,6-11H2,(H,15,16,17)/t12-,14-/m0/s1. The number of rotatable bonds is 4. The molecule has 1 aromatic rings. The van der Waals surface area contributed by atoms with Gasteiger partial charge in [-0.1, -0.05) is 0 Å². The van der Waals surface area contributed by atoms with Crippen molar-refractivity contribution in [1.82, 2.24) is 14.9 Å². The van der Waals surface area contributed by atoms with Gasteiger partial charge in [-0.25, -0.2) is 9.97 Å². The Morgan fingerprint density at radius 1 is 1.45 bits per heavy atom. The van der Waals surface area contributed by atoms with Gasteiger partial charge >= 0.3 is 0 Å². The Hall–Kier alpha value is -1.24. The van der Waals surface area contributed by atoms with Crippen molar-refractivity contribution in [2.24, 2.45) is 0 Å². The maximum atomic E-state index is 9.09. The molecule has 2 aliphatic heterocycles. The Morgan fingerprint density at radius 3 is 3.10 bits per heavy atom. The first-order valence-electron chi connectivity index (χ1n) is 7.30. The predicted molar refractivity (Wildman–Crippen MR) is 75.5 cm³/mol. The van der Waals surface area contributed by atoms with Crippen molar-refractivity contribution in [2.75, 3.05) is 38.2 Å². The van der Waals surface area contributed by atoms with E-state index in [4.69, 9.17) is 9.84 Å². The van der Waals surface area contributed by atoms with Gasteiger partial charge in [0.05, 0.1) is 24.9 Å². The van der Waals surface area contributed by atoms with Crippen LogP contribution in [0.2, 0.25) is 0 Å². The Labute approximate surface area is 119 Å². The van der Waals surface area contributed by atoms with Crippen molar-refractivity contribution in [2.45, 2.75) is 30.9 Å². The third-order valence-corrected chi connectivity index (χ3v) is 4.14. The number of likely N-dealkylation sites (tertiary alicyclic amines) is 1. The maximum Gasteiger partial charge on any atom is 0.222 e. The third-order valence-electron chi connectivity index (χ3n) is 4.14. The van der Waals surface area contributed by atoms with Gasteiger partial charge in [-0.05, 0) is 25.5 Å². The van der Waals surface area contributed by atoms with Crippen LogP contribution in [0.25, 0.3) is 0 Å². The monoisotopic (exact) mass is 278 g/mol. The molecule has 0 bridgehead atoms. The largest absolute Gasteiger partial charge is 0.395 e. The molecule has 3 heterocycles. The lowest BCUT2D eigenvalue weighted by Crippen LogP contribution is -2.48.